The number of carbonyl (C=O) groups excluding carboxylic acids is 1. The molecule has 1 N–H and O–H groups in total. The molecule has 0 atom stereocenters. The zero-order valence-electron chi connectivity index (χ0n) is 17.1. The van der Waals surface area contributed by atoms with Gasteiger partial charge in [0.05, 0.1) is 0 Å². The van der Waals surface area contributed by atoms with Crippen LogP contribution >= 0.6 is 0 Å². The van der Waals surface area contributed by atoms with E-state index in [1.807, 2.05) is 0 Å². The van der Waals surface area contributed by atoms with Gasteiger partial charge >= 0.3 is 0 Å². The van der Waals surface area contributed by atoms with Crippen LogP contribution in [0.15, 0.2) is 42.5 Å². The molecular formula is C24H32N2O. The molecule has 27 heavy (non-hydrogen) atoms. The maximum absolute atomic E-state index is 12.9. The number of carbonyl (C=O) groups is 1. The minimum atomic E-state index is 0.109. The third-order valence-electron chi connectivity index (χ3n) is 5.79. The highest BCUT2D eigenvalue weighted by atomic mass is 16.1. The molecule has 1 saturated heterocycles. The van der Waals surface area contributed by atoms with Gasteiger partial charge in [0.15, 0.2) is 0 Å². The summed E-state index contributed by atoms with van der Waals surface area (Å²) in [6.07, 6.45) is 1.86. The van der Waals surface area contributed by atoms with E-state index in [9.17, 15) is 4.79 Å². The Hall–Kier alpha value is -2.13. The van der Waals surface area contributed by atoms with Crippen molar-refractivity contribution in [3.8, 4) is 0 Å². The molecule has 3 heteroatoms. The van der Waals surface area contributed by atoms with Crippen molar-refractivity contribution >= 4 is 11.6 Å². The fraction of sp³-hybridized carbons (Fsp3) is 0.458. The van der Waals surface area contributed by atoms with E-state index in [4.69, 9.17) is 0 Å². The van der Waals surface area contributed by atoms with Crippen LogP contribution in [0.5, 0.6) is 0 Å². The second-order valence-electron chi connectivity index (χ2n) is 8.16. The van der Waals surface area contributed by atoms with Crippen LogP contribution in [0.1, 0.15) is 54.9 Å². The molecule has 1 amide bonds. The Balaban J connectivity index is 1.59. The number of anilines is 1. The number of aryl methyl sites for hydroxylation is 2. The Labute approximate surface area is 163 Å². The smallest absolute Gasteiger partial charge is 0.227 e. The first-order valence-electron chi connectivity index (χ1n) is 10.1. The molecule has 1 aliphatic heterocycles. The molecule has 1 aliphatic rings. The molecule has 0 unspecified atom stereocenters. The van der Waals surface area contributed by atoms with Crippen molar-refractivity contribution in [1.29, 1.82) is 0 Å². The Morgan fingerprint density at radius 3 is 2.37 bits per heavy atom. The van der Waals surface area contributed by atoms with E-state index in [1.54, 1.807) is 0 Å². The maximum Gasteiger partial charge on any atom is 0.227 e. The van der Waals surface area contributed by atoms with Gasteiger partial charge in [-0.1, -0.05) is 56.3 Å². The van der Waals surface area contributed by atoms with E-state index in [0.29, 0.717) is 5.92 Å². The Morgan fingerprint density at radius 1 is 1.04 bits per heavy atom. The summed E-state index contributed by atoms with van der Waals surface area (Å²) in [4.78, 5) is 15.4. The summed E-state index contributed by atoms with van der Waals surface area (Å²) in [6, 6.07) is 14.8. The van der Waals surface area contributed by atoms with Gasteiger partial charge < -0.3 is 5.32 Å². The van der Waals surface area contributed by atoms with Gasteiger partial charge in [0.25, 0.3) is 0 Å². The van der Waals surface area contributed by atoms with E-state index in [-0.39, 0.29) is 11.8 Å². The van der Waals surface area contributed by atoms with Crippen molar-refractivity contribution < 1.29 is 4.79 Å². The number of rotatable bonds is 5. The molecule has 0 aliphatic carbocycles. The Morgan fingerprint density at radius 2 is 1.70 bits per heavy atom. The van der Waals surface area contributed by atoms with Crippen LogP contribution < -0.4 is 5.32 Å². The number of piperidine rings is 1. The topological polar surface area (TPSA) is 32.3 Å². The lowest BCUT2D eigenvalue weighted by Gasteiger charge is -2.32. The van der Waals surface area contributed by atoms with Crippen LogP contribution in [-0.2, 0) is 11.3 Å². The minimum Gasteiger partial charge on any atom is -0.325 e. The van der Waals surface area contributed by atoms with Crippen LogP contribution in [-0.4, -0.2) is 23.9 Å². The van der Waals surface area contributed by atoms with E-state index in [2.05, 4.69) is 80.4 Å². The number of nitrogens with one attached hydrogen (secondary N) is 1. The second-order valence-corrected chi connectivity index (χ2v) is 8.16. The fourth-order valence-electron chi connectivity index (χ4n) is 3.95. The summed E-state index contributed by atoms with van der Waals surface area (Å²) in [5, 5.41) is 3.25. The largest absolute Gasteiger partial charge is 0.325 e. The summed E-state index contributed by atoms with van der Waals surface area (Å²) in [5.41, 5.74) is 6.12. The van der Waals surface area contributed by atoms with E-state index in [0.717, 1.165) is 43.7 Å². The van der Waals surface area contributed by atoms with Crippen molar-refractivity contribution in [2.24, 2.45) is 5.92 Å². The molecule has 0 saturated carbocycles. The van der Waals surface area contributed by atoms with E-state index < -0.39 is 0 Å². The highest BCUT2D eigenvalue weighted by Crippen LogP contribution is 2.29. The monoisotopic (exact) mass is 364 g/mol. The van der Waals surface area contributed by atoms with Crippen molar-refractivity contribution in [3.63, 3.8) is 0 Å². The number of hydrogen-bond acceptors (Lipinski definition) is 2. The average Bonchev–Trinajstić information content (AvgIpc) is 2.65. The quantitative estimate of drug-likeness (QED) is 0.783. The van der Waals surface area contributed by atoms with Crippen LogP contribution in [0.4, 0.5) is 5.69 Å². The molecule has 1 fully saturated rings. The van der Waals surface area contributed by atoms with Gasteiger partial charge in [-0.25, -0.2) is 0 Å². The van der Waals surface area contributed by atoms with Gasteiger partial charge in [0.1, 0.15) is 0 Å². The van der Waals surface area contributed by atoms with Crippen molar-refractivity contribution in [2.45, 2.75) is 53.0 Å². The summed E-state index contributed by atoms with van der Waals surface area (Å²) < 4.78 is 0. The van der Waals surface area contributed by atoms with Gasteiger partial charge in [0, 0.05) is 18.2 Å². The predicted octanol–water partition coefficient (Wildman–Crippen LogP) is 5.28. The lowest BCUT2D eigenvalue weighted by molar-refractivity contribution is -0.121. The van der Waals surface area contributed by atoms with Gasteiger partial charge in [-0.05, 0) is 68.0 Å². The van der Waals surface area contributed by atoms with Crippen molar-refractivity contribution in [2.75, 3.05) is 18.4 Å². The SMILES string of the molecule is Cc1ccccc1CN1CCC(C(=O)Nc2c(C)cccc2C(C)C)CC1. The molecule has 144 valence electrons. The van der Waals surface area contributed by atoms with Gasteiger partial charge in [-0.2, -0.15) is 0 Å². The molecule has 0 bridgehead atoms. The highest BCUT2D eigenvalue weighted by Gasteiger charge is 2.26. The van der Waals surface area contributed by atoms with Crippen molar-refractivity contribution in [1.82, 2.24) is 4.90 Å². The molecule has 0 radical (unpaired) electrons. The minimum absolute atomic E-state index is 0.109. The zero-order valence-corrected chi connectivity index (χ0v) is 17.1. The Bertz CT molecular complexity index is 789. The third kappa shape index (κ3) is 4.78. The summed E-state index contributed by atoms with van der Waals surface area (Å²) in [7, 11) is 0. The molecule has 2 aromatic carbocycles. The van der Waals surface area contributed by atoms with Crippen LogP contribution in [0.25, 0.3) is 0 Å². The molecule has 3 rings (SSSR count). The molecular weight excluding hydrogens is 332 g/mol. The van der Waals surface area contributed by atoms with E-state index in [1.165, 1.54) is 16.7 Å². The normalized spacial score (nSPS) is 15.9. The predicted molar refractivity (Wildman–Crippen MR) is 113 cm³/mol. The van der Waals surface area contributed by atoms with Gasteiger partial charge in [0.2, 0.25) is 5.91 Å². The number of likely N-dealkylation sites (tertiary alicyclic amines) is 1. The summed E-state index contributed by atoms with van der Waals surface area (Å²) in [6.45, 7) is 11.5. The molecule has 1 heterocycles. The molecule has 3 nitrogen and oxygen atoms in total. The standard InChI is InChI=1S/C24H32N2O/c1-17(2)22-11-7-9-19(4)23(22)25-24(27)20-12-14-26(15-13-20)16-21-10-6-5-8-18(21)3/h5-11,17,20H,12-16H2,1-4H3,(H,25,27). The van der Waals surface area contributed by atoms with Crippen LogP contribution in [0.3, 0.4) is 0 Å². The van der Waals surface area contributed by atoms with E-state index >= 15 is 0 Å². The fourth-order valence-corrected chi connectivity index (χ4v) is 3.95. The number of benzene rings is 2. The zero-order chi connectivity index (χ0) is 19.4. The number of amides is 1. The number of nitrogens with zero attached hydrogens (tertiary/aromatic N) is 1. The lowest BCUT2D eigenvalue weighted by Crippen LogP contribution is -2.38. The first-order chi connectivity index (χ1) is 13.0. The number of hydrogen-bond donors (Lipinski definition) is 1. The van der Waals surface area contributed by atoms with Gasteiger partial charge in [-0.3, -0.25) is 9.69 Å². The first-order valence-corrected chi connectivity index (χ1v) is 10.1. The first kappa shape index (κ1) is 19.6. The van der Waals surface area contributed by atoms with Crippen molar-refractivity contribution in [3.05, 3.63) is 64.7 Å². The van der Waals surface area contributed by atoms with Crippen LogP contribution in [0, 0.1) is 19.8 Å². The molecule has 2 aromatic rings. The third-order valence-corrected chi connectivity index (χ3v) is 5.79. The van der Waals surface area contributed by atoms with Gasteiger partial charge in [-0.15, -0.1) is 0 Å². The highest BCUT2D eigenvalue weighted by molar-refractivity contribution is 5.94. The molecule has 0 spiro atoms. The Kier molecular flexibility index (Phi) is 6.33. The summed E-state index contributed by atoms with van der Waals surface area (Å²) >= 11 is 0. The second kappa shape index (κ2) is 8.71. The maximum atomic E-state index is 12.9. The average molecular weight is 365 g/mol. The number of para-hydroxylation sites is 1. The lowest BCUT2D eigenvalue weighted by atomic mass is 9.93. The van der Waals surface area contributed by atoms with Crippen LogP contribution in [0.2, 0.25) is 0 Å². The molecule has 0 aromatic heterocycles. The summed E-state index contributed by atoms with van der Waals surface area (Å²) in [5.74, 6) is 0.690.